The molecule has 1 rings (SSSR count). The van der Waals surface area contributed by atoms with Gasteiger partial charge in [-0.1, -0.05) is 26.7 Å². The highest BCUT2D eigenvalue weighted by molar-refractivity contribution is 4.85. The van der Waals surface area contributed by atoms with Gasteiger partial charge in [-0.15, -0.1) is 0 Å². The Morgan fingerprint density at radius 3 is 2.07 bits per heavy atom. The van der Waals surface area contributed by atoms with Gasteiger partial charge in [-0.2, -0.15) is 0 Å². The Bertz CT molecular complexity index is 153. The maximum Gasteiger partial charge on any atom is 0.0695 e. The van der Waals surface area contributed by atoms with Gasteiger partial charge in [0.1, 0.15) is 0 Å². The van der Waals surface area contributed by atoms with Gasteiger partial charge in [0.05, 0.1) is 6.10 Å². The van der Waals surface area contributed by atoms with Gasteiger partial charge < -0.3 is 5.11 Å². The zero-order valence-electron chi connectivity index (χ0n) is 10.4. The first kappa shape index (κ1) is 13.0. The summed E-state index contributed by atoms with van der Waals surface area (Å²) in [5.41, 5.74) is 0. The quantitative estimate of drug-likeness (QED) is 0.703. The molecule has 0 aromatic rings. The number of aliphatic hydroxyl groups is 1. The van der Waals surface area contributed by atoms with E-state index < -0.39 is 0 Å². The van der Waals surface area contributed by atoms with Crippen LogP contribution in [0.3, 0.4) is 0 Å². The summed E-state index contributed by atoms with van der Waals surface area (Å²) in [5, 5.41) is 9.92. The van der Waals surface area contributed by atoms with Crippen LogP contribution < -0.4 is 0 Å². The molecule has 1 aliphatic rings. The fourth-order valence-corrected chi connectivity index (χ4v) is 2.51. The molecule has 0 aromatic carbocycles. The van der Waals surface area contributed by atoms with E-state index in [9.17, 15) is 5.11 Å². The molecule has 1 aliphatic carbocycles. The number of nitrogens with zero attached hydrogens (tertiary/aromatic N) is 1. The van der Waals surface area contributed by atoms with Gasteiger partial charge in [-0.3, -0.25) is 4.90 Å². The monoisotopic (exact) mass is 213 g/mol. The lowest BCUT2D eigenvalue weighted by Crippen LogP contribution is -2.41. The van der Waals surface area contributed by atoms with E-state index in [1.807, 2.05) is 0 Å². The van der Waals surface area contributed by atoms with Crippen molar-refractivity contribution < 1.29 is 5.11 Å². The smallest absolute Gasteiger partial charge is 0.0695 e. The third-order valence-electron chi connectivity index (χ3n) is 3.51. The SMILES string of the molecule is CCCCN(CCCC)C1CCCC1O. The van der Waals surface area contributed by atoms with Crippen LogP contribution in [-0.2, 0) is 0 Å². The Morgan fingerprint density at radius 1 is 1.07 bits per heavy atom. The summed E-state index contributed by atoms with van der Waals surface area (Å²) in [6.07, 6.45) is 8.42. The van der Waals surface area contributed by atoms with E-state index in [1.54, 1.807) is 0 Å². The molecule has 2 unspecified atom stereocenters. The minimum atomic E-state index is -0.0567. The largest absolute Gasteiger partial charge is 0.391 e. The lowest BCUT2D eigenvalue weighted by atomic mass is 10.1. The average molecular weight is 213 g/mol. The molecule has 0 saturated heterocycles. The number of rotatable bonds is 7. The van der Waals surface area contributed by atoms with Crippen molar-refractivity contribution in [2.45, 2.75) is 70.9 Å². The summed E-state index contributed by atoms with van der Waals surface area (Å²) in [7, 11) is 0. The molecule has 0 aliphatic heterocycles. The van der Waals surface area contributed by atoms with Crippen molar-refractivity contribution >= 4 is 0 Å². The molecule has 0 heterocycles. The first-order chi connectivity index (χ1) is 7.29. The molecule has 0 amide bonds. The Labute approximate surface area is 94.7 Å². The topological polar surface area (TPSA) is 23.5 Å². The second-order valence-corrected chi connectivity index (χ2v) is 4.81. The number of hydrogen-bond donors (Lipinski definition) is 1. The Kier molecular flexibility index (Phi) is 6.26. The van der Waals surface area contributed by atoms with Gasteiger partial charge in [0.2, 0.25) is 0 Å². The first-order valence-corrected chi connectivity index (χ1v) is 6.71. The zero-order chi connectivity index (χ0) is 11.1. The van der Waals surface area contributed by atoms with Crippen molar-refractivity contribution in [2.75, 3.05) is 13.1 Å². The molecule has 2 nitrogen and oxygen atoms in total. The molecule has 0 radical (unpaired) electrons. The summed E-state index contributed by atoms with van der Waals surface area (Å²) < 4.78 is 0. The van der Waals surface area contributed by atoms with E-state index in [2.05, 4.69) is 18.7 Å². The van der Waals surface area contributed by atoms with Crippen molar-refractivity contribution in [3.8, 4) is 0 Å². The molecule has 1 N–H and O–H groups in total. The lowest BCUT2D eigenvalue weighted by molar-refractivity contribution is 0.0687. The van der Waals surface area contributed by atoms with Gasteiger partial charge in [-0.25, -0.2) is 0 Å². The molecule has 15 heavy (non-hydrogen) atoms. The van der Waals surface area contributed by atoms with Crippen molar-refractivity contribution in [2.24, 2.45) is 0 Å². The van der Waals surface area contributed by atoms with Gasteiger partial charge in [0, 0.05) is 6.04 Å². The van der Waals surface area contributed by atoms with Crippen LogP contribution in [0.1, 0.15) is 58.8 Å². The first-order valence-electron chi connectivity index (χ1n) is 6.71. The summed E-state index contributed by atoms with van der Waals surface area (Å²) in [5.74, 6) is 0. The Balaban J connectivity index is 2.38. The summed E-state index contributed by atoms with van der Waals surface area (Å²) >= 11 is 0. The standard InChI is InChI=1S/C13H27NO/c1-3-5-10-14(11-6-4-2)12-8-7-9-13(12)15/h12-13,15H,3-11H2,1-2H3. The van der Waals surface area contributed by atoms with Gasteiger partial charge in [-0.05, 0) is 45.2 Å². The van der Waals surface area contributed by atoms with Crippen molar-refractivity contribution in [1.29, 1.82) is 0 Å². The van der Waals surface area contributed by atoms with Crippen LogP contribution >= 0.6 is 0 Å². The molecular formula is C13H27NO. The number of unbranched alkanes of at least 4 members (excludes halogenated alkanes) is 2. The van der Waals surface area contributed by atoms with Crippen LogP contribution in [0, 0.1) is 0 Å². The van der Waals surface area contributed by atoms with Crippen LogP contribution in [-0.4, -0.2) is 35.2 Å². The van der Waals surface area contributed by atoms with Gasteiger partial charge >= 0.3 is 0 Å². The highest BCUT2D eigenvalue weighted by Gasteiger charge is 2.29. The molecule has 1 saturated carbocycles. The van der Waals surface area contributed by atoms with Gasteiger partial charge in [0.15, 0.2) is 0 Å². The van der Waals surface area contributed by atoms with Crippen molar-refractivity contribution in [3.63, 3.8) is 0 Å². The van der Waals surface area contributed by atoms with E-state index in [4.69, 9.17) is 0 Å². The van der Waals surface area contributed by atoms with E-state index >= 15 is 0 Å². The van der Waals surface area contributed by atoms with E-state index in [0.717, 1.165) is 6.42 Å². The highest BCUT2D eigenvalue weighted by Crippen LogP contribution is 2.24. The second kappa shape index (κ2) is 7.24. The van der Waals surface area contributed by atoms with Crippen LogP contribution in [0.25, 0.3) is 0 Å². The summed E-state index contributed by atoms with van der Waals surface area (Å²) in [6.45, 7) is 6.84. The average Bonchev–Trinajstić information content (AvgIpc) is 2.65. The fourth-order valence-electron chi connectivity index (χ4n) is 2.51. The van der Waals surface area contributed by atoms with Crippen LogP contribution in [0.4, 0.5) is 0 Å². The minimum Gasteiger partial charge on any atom is -0.391 e. The third kappa shape index (κ3) is 4.12. The molecule has 90 valence electrons. The molecule has 2 heteroatoms. The third-order valence-corrected chi connectivity index (χ3v) is 3.51. The molecule has 2 atom stereocenters. The van der Waals surface area contributed by atoms with Gasteiger partial charge in [0.25, 0.3) is 0 Å². The van der Waals surface area contributed by atoms with E-state index in [0.29, 0.717) is 6.04 Å². The minimum absolute atomic E-state index is 0.0567. The summed E-state index contributed by atoms with van der Waals surface area (Å²) in [4.78, 5) is 2.53. The lowest BCUT2D eigenvalue weighted by Gasteiger charge is -2.31. The van der Waals surface area contributed by atoms with E-state index in [1.165, 1.54) is 51.6 Å². The Morgan fingerprint density at radius 2 is 1.67 bits per heavy atom. The maximum atomic E-state index is 9.92. The number of aliphatic hydroxyl groups excluding tert-OH is 1. The molecule has 0 spiro atoms. The van der Waals surface area contributed by atoms with Crippen LogP contribution in [0.2, 0.25) is 0 Å². The van der Waals surface area contributed by atoms with Crippen molar-refractivity contribution in [1.82, 2.24) is 4.90 Å². The second-order valence-electron chi connectivity index (χ2n) is 4.81. The normalized spacial score (nSPS) is 26.4. The predicted octanol–water partition coefficient (Wildman–Crippen LogP) is 2.80. The molecule has 0 bridgehead atoms. The maximum absolute atomic E-state index is 9.92. The fraction of sp³-hybridized carbons (Fsp3) is 1.00. The van der Waals surface area contributed by atoms with Crippen LogP contribution in [0.5, 0.6) is 0 Å². The molecule has 0 aromatic heterocycles. The highest BCUT2D eigenvalue weighted by atomic mass is 16.3. The predicted molar refractivity (Wildman–Crippen MR) is 65.0 cm³/mol. The molecule has 1 fully saturated rings. The summed E-state index contributed by atoms with van der Waals surface area (Å²) in [6, 6.07) is 0.461. The zero-order valence-corrected chi connectivity index (χ0v) is 10.4. The molecular weight excluding hydrogens is 186 g/mol. The van der Waals surface area contributed by atoms with Crippen LogP contribution in [0.15, 0.2) is 0 Å². The Hall–Kier alpha value is -0.0800. The van der Waals surface area contributed by atoms with Crippen molar-refractivity contribution in [3.05, 3.63) is 0 Å². The number of hydrogen-bond acceptors (Lipinski definition) is 2. The van der Waals surface area contributed by atoms with E-state index in [-0.39, 0.29) is 6.10 Å².